The van der Waals surface area contributed by atoms with Crippen LogP contribution in [0.5, 0.6) is 0 Å². The van der Waals surface area contributed by atoms with Crippen molar-refractivity contribution in [3.63, 3.8) is 0 Å². The van der Waals surface area contributed by atoms with E-state index < -0.39 is 39.9 Å². The maximum absolute atomic E-state index is 11.4. The van der Waals surface area contributed by atoms with Crippen molar-refractivity contribution in [3.05, 3.63) is 34.2 Å². The second-order valence-corrected chi connectivity index (χ2v) is 13.4. The van der Waals surface area contributed by atoms with E-state index in [1.54, 1.807) is 21.3 Å². The van der Waals surface area contributed by atoms with Gasteiger partial charge < -0.3 is 17.4 Å². The third-order valence-electron chi connectivity index (χ3n) is 4.20. The highest BCUT2D eigenvalue weighted by Gasteiger charge is 2.47. The van der Waals surface area contributed by atoms with Crippen molar-refractivity contribution in [2.75, 3.05) is 21.3 Å². The largest absolute Gasteiger partial charge is 0.500 e. The Hall–Kier alpha value is -1.31. The van der Waals surface area contributed by atoms with Gasteiger partial charge in [-0.1, -0.05) is 13.8 Å². The summed E-state index contributed by atoms with van der Waals surface area (Å²) < 4.78 is 128. The third-order valence-corrected chi connectivity index (χ3v) is 9.77. The highest BCUT2D eigenvalue weighted by molar-refractivity contribution is 8.13. The van der Waals surface area contributed by atoms with E-state index in [0.29, 0.717) is 5.92 Å². The first kappa shape index (κ1) is 32.7. The van der Waals surface area contributed by atoms with E-state index in [-0.39, 0.29) is 0 Å². The van der Waals surface area contributed by atoms with Gasteiger partial charge in [-0.3, -0.25) is 0 Å². The first-order valence-corrected chi connectivity index (χ1v) is 14.1. The van der Waals surface area contributed by atoms with Crippen molar-refractivity contribution in [2.24, 2.45) is 0 Å². The molecule has 34 heavy (non-hydrogen) atoms. The molecule has 0 saturated heterocycles. The number of nitrogens with zero attached hydrogens (tertiary/aromatic N) is 2. The summed E-state index contributed by atoms with van der Waals surface area (Å²) in [6.07, 6.45) is 5.24. The van der Waals surface area contributed by atoms with Crippen molar-refractivity contribution < 1.29 is 61.0 Å². The summed E-state index contributed by atoms with van der Waals surface area (Å²) in [5.74, 6) is 0.574. The molecule has 0 aliphatic heterocycles. The lowest BCUT2D eigenvalue weighted by Crippen LogP contribution is -2.44. The summed E-state index contributed by atoms with van der Waals surface area (Å²) in [7, 11) is -10.9. The van der Waals surface area contributed by atoms with Crippen molar-refractivity contribution in [1.82, 2.24) is 0 Å². The number of hydrogen-bond acceptors (Lipinski definition) is 7. The molecule has 0 bridgehead atoms. The molecule has 1 aromatic heterocycles. The first-order valence-electron chi connectivity index (χ1n) is 9.28. The maximum Gasteiger partial charge on any atom is 0.500 e. The van der Waals surface area contributed by atoms with Gasteiger partial charge in [-0.05, 0) is 11.5 Å². The van der Waals surface area contributed by atoms with E-state index in [1.807, 2.05) is 0 Å². The summed E-state index contributed by atoms with van der Waals surface area (Å²) >= 11 is 0. The fraction of sp³-hybridized carbons (Fsp3) is 0.688. The number of halogens is 6. The van der Waals surface area contributed by atoms with Gasteiger partial charge in [0.15, 0.2) is 32.4 Å². The zero-order chi connectivity index (χ0) is 27.0. The number of aromatic nitrogens is 1. The Morgan fingerprint density at radius 2 is 1.26 bits per heavy atom. The molecule has 1 heterocycles. The van der Waals surface area contributed by atoms with E-state index in [2.05, 4.69) is 42.9 Å². The quantitative estimate of drug-likeness (QED) is 0.243. The minimum absolute atomic E-state index is 0.574. The molecule has 0 atom stereocenters. The minimum atomic E-state index is -6.72. The highest BCUT2D eigenvalue weighted by Crippen LogP contribution is 2.36. The van der Waals surface area contributed by atoms with E-state index in [4.69, 9.17) is 13.3 Å². The molecule has 18 heteroatoms. The minimum Gasteiger partial charge on any atom is -0.421 e. The molecule has 9 nitrogen and oxygen atoms in total. The van der Waals surface area contributed by atoms with Gasteiger partial charge in [0.05, 0.1) is 0 Å². The molecule has 0 radical (unpaired) electrons. The monoisotopic (exact) mass is 564 g/mol. The molecular weight excluding hydrogens is 538 g/mol. The zero-order valence-corrected chi connectivity index (χ0v) is 21.5. The number of rotatable bonds is 10. The third kappa shape index (κ3) is 9.74. The van der Waals surface area contributed by atoms with Crippen LogP contribution in [-0.2, 0) is 39.9 Å². The normalized spacial score (nSPS) is 13.5. The molecule has 0 unspecified atom stereocenters. The summed E-state index contributed by atoms with van der Waals surface area (Å²) in [6, 6.07) is 5.19. The summed E-state index contributed by atoms with van der Waals surface area (Å²) in [6.45, 7) is 5.36. The number of alkyl halides is 6. The van der Waals surface area contributed by atoms with Gasteiger partial charge in [-0.2, -0.15) is 26.3 Å². The topological polar surface area (TPSA) is 114 Å². The summed E-state index contributed by atoms with van der Waals surface area (Å²) in [5.41, 5.74) is -11.0. The number of pyridine rings is 1. The molecule has 0 saturated carbocycles. The van der Waals surface area contributed by atoms with Crippen molar-refractivity contribution in [1.29, 1.82) is 0 Å². The Bertz CT molecular complexity index is 915. The van der Waals surface area contributed by atoms with Crippen LogP contribution in [0.15, 0.2) is 24.5 Å². The van der Waals surface area contributed by atoms with Crippen LogP contribution in [0.4, 0.5) is 26.3 Å². The predicted octanol–water partition coefficient (Wildman–Crippen LogP) is 3.43. The molecular formula is C16H26F6N2O7S2Si. The lowest BCUT2D eigenvalue weighted by atomic mass is 10.1. The second kappa shape index (κ2) is 12.6. The SMILES string of the molecule is CO[Si](CCC[n+]1ccc(C(C)C)cc1)(OC)OC.O=S(=O)([N-]S(=O)(=O)C(F)(F)F)C(F)(F)F. The standard InChI is InChI=1S/C14H26NO3Si.C2F6NO4S2/c1-13(2)14-7-10-15(11-8-14)9-6-12-19(16-3,17-4)18-5;3-1(4,5)14(10,11)9-15(12,13)2(6,7)8/h7-8,10-11,13H,6,9,12H2,1-5H3;/q+1;-1. The summed E-state index contributed by atoms with van der Waals surface area (Å²) in [5, 5.41) is 0. The first-order chi connectivity index (χ1) is 15.3. The average molecular weight is 565 g/mol. The molecule has 200 valence electrons. The van der Waals surface area contributed by atoms with Crippen LogP contribution >= 0.6 is 0 Å². The molecule has 1 aromatic rings. The van der Waals surface area contributed by atoms with Crippen molar-refractivity contribution in [3.8, 4) is 0 Å². The van der Waals surface area contributed by atoms with Gasteiger partial charge in [0.1, 0.15) is 6.54 Å². The number of aryl methyl sites for hydroxylation is 1. The molecule has 0 aliphatic carbocycles. The van der Waals surface area contributed by atoms with Crippen LogP contribution in [0.2, 0.25) is 6.04 Å². The Balaban J connectivity index is 0.000000661. The molecule has 0 fully saturated rings. The van der Waals surface area contributed by atoms with Gasteiger partial charge in [0.2, 0.25) is 0 Å². The zero-order valence-electron chi connectivity index (χ0n) is 18.8. The molecule has 1 rings (SSSR count). The van der Waals surface area contributed by atoms with Crippen LogP contribution in [0.25, 0.3) is 4.13 Å². The van der Waals surface area contributed by atoms with Crippen LogP contribution in [0.3, 0.4) is 0 Å². The van der Waals surface area contributed by atoms with Crippen LogP contribution < -0.4 is 4.57 Å². The van der Waals surface area contributed by atoms with Gasteiger partial charge in [0, 0.05) is 45.9 Å². The number of sulfonamides is 2. The maximum atomic E-state index is 11.4. The van der Waals surface area contributed by atoms with Gasteiger partial charge in [-0.25, -0.2) is 21.4 Å². The summed E-state index contributed by atoms with van der Waals surface area (Å²) in [4.78, 5) is 0. The average Bonchev–Trinajstić information content (AvgIpc) is 2.70. The lowest BCUT2D eigenvalue weighted by molar-refractivity contribution is -0.697. The van der Waals surface area contributed by atoms with Crippen LogP contribution in [0, 0.1) is 0 Å². The lowest BCUT2D eigenvalue weighted by Gasteiger charge is -2.23. The van der Waals surface area contributed by atoms with Crippen LogP contribution in [0.1, 0.15) is 31.7 Å². The Morgan fingerprint density at radius 3 is 1.56 bits per heavy atom. The van der Waals surface area contributed by atoms with Gasteiger partial charge in [0.25, 0.3) is 0 Å². The molecule has 0 aromatic carbocycles. The van der Waals surface area contributed by atoms with Gasteiger partial charge in [-0.15, -0.1) is 0 Å². The van der Waals surface area contributed by atoms with Crippen molar-refractivity contribution in [2.45, 2.75) is 49.8 Å². The molecule has 0 amide bonds. The smallest absolute Gasteiger partial charge is 0.421 e. The fourth-order valence-electron chi connectivity index (χ4n) is 2.25. The Labute approximate surface area is 195 Å². The second-order valence-electron chi connectivity index (χ2n) is 6.84. The molecule has 0 aliphatic rings. The van der Waals surface area contributed by atoms with E-state index in [1.165, 1.54) is 5.56 Å². The Morgan fingerprint density at radius 1 is 0.882 bits per heavy atom. The predicted molar refractivity (Wildman–Crippen MR) is 110 cm³/mol. The van der Waals surface area contributed by atoms with E-state index >= 15 is 0 Å². The van der Waals surface area contributed by atoms with Gasteiger partial charge >= 0.3 is 19.8 Å². The van der Waals surface area contributed by atoms with E-state index in [9.17, 15) is 43.2 Å². The van der Waals surface area contributed by atoms with E-state index in [0.717, 1.165) is 23.1 Å². The Kier molecular flexibility index (Phi) is 12.1. The number of hydrogen-bond donors (Lipinski definition) is 0. The van der Waals surface area contributed by atoms with Crippen molar-refractivity contribution >= 4 is 28.9 Å². The van der Waals surface area contributed by atoms with Crippen LogP contribution in [-0.4, -0.2) is 58.0 Å². The fourth-order valence-corrected chi connectivity index (χ4v) is 5.66. The highest BCUT2D eigenvalue weighted by atomic mass is 32.3. The molecule has 0 spiro atoms. The molecule has 0 N–H and O–H groups in total.